The van der Waals surface area contributed by atoms with E-state index >= 15 is 0 Å². The molecule has 2 rings (SSSR count). The Balaban J connectivity index is 2.05. The highest BCUT2D eigenvalue weighted by Crippen LogP contribution is 2.21. The Morgan fingerprint density at radius 3 is 3.00 bits per heavy atom. The highest BCUT2D eigenvalue weighted by Gasteiger charge is 2.18. The van der Waals surface area contributed by atoms with Crippen molar-refractivity contribution >= 4 is 0 Å². The van der Waals surface area contributed by atoms with Crippen LogP contribution in [0.4, 0.5) is 0 Å². The lowest BCUT2D eigenvalue weighted by Gasteiger charge is -2.15. The van der Waals surface area contributed by atoms with Gasteiger partial charge in [0.25, 0.3) is 0 Å². The van der Waals surface area contributed by atoms with E-state index in [-0.39, 0.29) is 6.10 Å². The minimum absolute atomic E-state index is 0.212. The van der Waals surface area contributed by atoms with Crippen LogP contribution in [0.3, 0.4) is 0 Å². The zero-order chi connectivity index (χ0) is 10.5. The first-order chi connectivity index (χ1) is 7.40. The molecule has 2 N–H and O–H groups in total. The normalized spacial score (nSPS) is 20.5. The lowest BCUT2D eigenvalue weighted by atomic mass is 10.1. The summed E-state index contributed by atoms with van der Waals surface area (Å²) in [6, 6.07) is 8.08. The molecule has 0 saturated carbocycles. The fourth-order valence-corrected chi connectivity index (χ4v) is 1.77. The van der Waals surface area contributed by atoms with Gasteiger partial charge < -0.3 is 15.2 Å². The van der Waals surface area contributed by atoms with Gasteiger partial charge in [0, 0.05) is 6.42 Å². The first-order valence-electron chi connectivity index (χ1n) is 5.42. The van der Waals surface area contributed by atoms with E-state index in [1.165, 1.54) is 5.56 Å². The van der Waals surface area contributed by atoms with Crippen molar-refractivity contribution in [3.05, 3.63) is 29.8 Å². The maximum absolute atomic E-state index is 5.88. The zero-order valence-corrected chi connectivity index (χ0v) is 8.82. The summed E-state index contributed by atoms with van der Waals surface area (Å²) in [6.07, 6.45) is 2.06. The Morgan fingerprint density at radius 1 is 1.40 bits per heavy atom. The van der Waals surface area contributed by atoms with Crippen LogP contribution in [0, 0.1) is 0 Å². The molecule has 0 aromatic heterocycles. The van der Waals surface area contributed by atoms with Gasteiger partial charge in [0.15, 0.2) is 0 Å². The molecule has 1 heterocycles. The molecule has 1 saturated heterocycles. The number of rotatable bonds is 4. The molecule has 1 aliphatic heterocycles. The molecule has 1 atom stereocenters. The van der Waals surface area contributed by atoms with Crippen LogP contribution in [0.1, 0.15) is 12.0 Å². The Kier molecular flexibility index (Phi) is 3.59. The summed E-state index contributed by atoms with van der Waals surface area (Å²) < 4.78 is 11.2. The fraction of sp³-hybridized carbons (Fsp3) is 0.500. The van der Waals surface area contributed by atoms with E-state index in [2.05, 4.69) is 6.07 Å². The Labute approximate surface area is 90.2 Å². The summed E-state index contributed by atoms with van der Waals surface area (Å²) in [5.41, 5.74) is 6.74. The van der Waals surface area contributed by atoms with Crippen molar-refractivity contribution in [1.29, 1.82) is 0 Å². The average molecular weight is 207 g/mol. The van der Waals surface area contributed by atoms with Gasteiger partial charge in [0.05, 0.1) is 13.2 Å². The minimum Gasteiger partial charge on any atom is -0.488 e. The van der Waals surface area contributed by atoms with Gasteiger partial charge in [-0.1, -0.05) is 18.2 Å². The van der Waals surface area contributed by atoms with Crippen molar-refractivity contribution in [2.24, 2.45) is 5.73 Å². The van der Waals surface area contributed by atoms with Crippen LogP contribution in [0.5, 0.6) is 5.75 Å². The number of hydrogen-bond acceptors (Lipinski definition) is 3. The number of para-hydroxylation sites is 1. The molecular weight excluding hydrogens is 190 g/mol. The molecule has 1 aromatic rings. The third kappa shape index (κ3) is 2.70. The van der Waals surface area contributed by atoms with Crippen LogP contribution in [-0.4, -0.2) is 25.9 Å². The van der Waals surface area contributed by atoms with E-state index in [1.54, 1.807) is 0 Å². The lowest BCUT2D eigenvalue weighted by molar-refractivity contribution is 0.140. The average Bonchev–Trinajstić information content (AvgIpc) is 2.74. The number of hydrogen-bond donors (Lipinski definition) is 1. The summed E-state index contributed by atoms with van der Waals surface area (Å²) >= 11 is 0. The molecule has 3 heteroatoms. The number of ether oxygens (including phenoxy) is 2. The molecule has 0 aliphatic carbocycles. The van der Waals surface area contributed by atoms with Crippen LogP contribution < -0.4 is 10.5 Å². The standard InChI is InChI=1S/C12H17NO2/c13-7-5-10-3-1-2-4-12(10)15-11-6-8-14-9-11/h1-4,11H,5-9,13H2. The van der Waals surface area contributed by atoms with E-state index in [0.717, 1.165) is 25.2 Å². The predicted molar refractivity (Wildman–Crippen MR) is 59.1 cm³/mol. The largest absolute Gasteiger partial charge is 0.488 e. The van der Waals surface area contributed by atoms with Crippen LogP contribution in [0.25, 0.3) is 0 Å². The lowest BCUT2D eigenvalue weighted by Crippen LogP contribution is -2.17. The van der Waals surface area contributed by atoms with Crippen molar-refractivity contribution in [3.8, 4) is 5.75 Å². The van der Waals surface area contributed by atoms with E-state index < -0.39 is 0 Å². The van der Waals surface area contributed by atoms with Crippen molar-refractivity contribution in [1.82, 2.24) is 0 Å². The molecule has 3 nitrogen and oxygen atoms in total. The van der Waals surface area contributed by atoms with Crippen LogP contribution in [-0.2, 0) is 11.2 Å². The molecule has 0 amide bonds. The second-order valence-corrected chi connectivity index (χ2v) is 3.75. The smallest absolute Gasteiger partial charge is 0.124 e. The van der Waals surface area contributed by atoms with Gasteiger partial charge in [0.1, 0.15) is 11.9 Å². The second-order valence-electron chi connectivity index (χ2n) is 3.75. The maximum Gasteiger partial charge on any atom is 0.124 e. The maximum atomic E-state index is 5.88. The molecule has 0 bridgehead atoms. The molecule has 0 radical (unpaired) electrons. The first kappa shape index (κ1) is 10.5. The second kappa shape index (κ2) is 5.14. The van der Waals surface area contributed by atoms with Gasteiger partial charge in [-0.25, -0.2) is 0 Å². The molecule has 1 aliphatic rings. The third-order valence-corrected chi connectivity index (χ3v) is 2.57. The SMILES string of the molecule is NCCc1ccccc1OC1CCOC1. The minimum atomic E-state index is 0.212. The molecule has 15 heavy (non-hydrogen) atoms. The Morgan fingerprint density at radius 2 is 2.27 bits per heavy atom. The van der Waals surface area contributed by atoms with Gasteiger partial charge in [-0.05, 0) is 24.6 Å². The Bertz CT molecular complexity index is 308. The highest BCUT2D eigenvalue weighted by molar-refractivity contribution is 5.33. The molecule has 1 aromatic carbocycles. The zero-order valence-electron chi connectivity index (χ0n) is 8.82. The van der Waals surface area contributed by atoms with Crippen LogP contribution in [0.2, 0.25) is 0 Å². The summed E-state index contributed by atoms with van der Waals surface area (Å²) in [6.45, 7) is 2.17. The summed E-state index contributed by atoms with van der Waals surface area (Å²) in [5.74, 6) is 0.957. The third-order valence-electron chi connectivity index (χ3n) is 2.57. The summed E-state index contributed by atoms with van der Waals surface area (Å²) in [4.78, 5) is 0. The van der Waals surface area contributed by atoms with E-state index in [1.807, 2.05) is 18.2 Å². The highest BCUT2D eigenvalue weighted by atomic mass is 16.5. The fourth-order valence-electron chi connectivity index (χ4n) is 1.77. The van der Waals surface area contributed by atoms with Crippen molar-refractivity contribution in [2.75, 3.05) is 19.8 Å². The van der Waals surface area contributed by atoms with Gasteiger partial charge in [0.2, 0.25) is 0 Å². The number of nitrogens with two attached hydrogens (primary N) is 1. The Hall–Kier alpha value is -1.06. The van der Waals surface area contributed by atoms with Gasteiger partial charge in [-0.15, -0.1) is 0 Å². The first-order valence-corrected chi connectivity index (χ1v) is 5.42. The van der Waals surface area contributed by atoms with E-state index in [0.29, 0.717) is 13.2 Å². The molecule has 82 valence electrons. The molecule has 1 unspecified atom stereocenters. The van der Waals surface area contributed by atoms with Crippen molar-refractivity contribution in [2.45, 2.75) is 18.9 Å². The van der Waals surface area contributed by atoms with Crippen molar-refractivity contribution < 1.29 is 9.47 Å². The summed E-state index contributed by atoms with van der Waals surface area (Å²) in [7, 11) is 0. The number of benzene rings is 1. The van der Waals surface area contributed by atoms with Gasteiger partial charge >= 0.3 is 0 Å². The van der Waals surface area contributed by atoms with Gasteiger partial charge in [-0.3, -0.25) is 0 Å². The van der Waals surface area contributed by atoms with E-state index in [4.69, 9.17) is 15.2 Å². The van der Waals surface area contributed by atoms with Crippen molar-refractivity contribution in [3.63, 3.8) is 0 Å². The quantitative estimate of drug-likeness (QED) is 0.810. The predicted octanol–water partition coefficient (Wildman–Crippen LogP) is 1.36. The van der Waals surface area contributed by atoms with E-state index in [9.17, 15) is 0 Å². The monoisotopic (exact) mass is 207 g/mol. The molecule has 0 spiro atoms. The van der Waals surface area contributed by atoms with Crippen LogP contribution >= 0.6 is 0 Å². The topological polar surface area (TPSA) is 44.5 Å². The summed E-state index contributed by atoms with van der Waals surface area (Å²) in [5, 5.41) is 0. The molecule has 1 fully saturated rings. The van der Waals surface area contributed by atoms with Gasteiger partial charge in [-0.2, -0.15) is 0 Å². The van der Waals surface area contributed by atoms with Crippen LogP contribution in [0.15, 0.2) is 24.3 Å². The molecular formula is C12H17NO2.